The van der Waals surface area contributed by atoms with Crippen LogP contribution >= 0.6 is 0 Å². The molecule has 1 aromatic rings. The van der Waals surface area contributed by atoms with Crippen LogP contribution in [0.5, 0.6) is 5.75 Å². The standard InChI is InChI=1S/C11H16FNO2/c1-7(14-2)11(13)8-5-4-6-9(15-3)10(8)12/h4-7,11H,13H2,1-3H3. The van der Waals surface area contributed by atoms with Gasteiger partial charge >= 0.3 is 0 Å². The molecule has 15 heavy (non-hydrogen) atoms. The Morgan fingerprint density at radius 1 is 1.33 bits per heavy atom. The van der Waals surface area contributed by atoms with Crippen molar-refractivity contribution in [2.75, 3.05) is 14.2 Å². The summed E-state index contributed by atoms with van der Waals surface area (Å²) in [5.74, 6) is -0.220. The first-order chi connectivity index (χ1) is 7.11. The zero-order valence-corrected chi connectivity index (χ0v) is 9.16. The molecule has 4 heteroatoms. The van der Waals surface area contributed by atoms with Crippen LogP contribution in [-0.2, 0) is 4.74 Å². The molecule has 0 radical (unpaired) electrons. The highest BCUT2D eigenvalue weighted by Gasteiger charge is 2.19. The Kier molecular flexibility index (Phi) is 4.05. The van der Waals surface area contributed by atoms with Crippen molar-refractivity contribution in [2.45, 2.75) is 19.1 Å². The molecule has 0 bridgehead atoms. The van der Waals surface area contributed by atoms with Gasteiger partial charge in [-0.2, -0.15) is 0 Å². The van der Waals surface area contributed by atoms with E-state index < -0.39 is 11.9 Å². The highest BCUT2D eigenvalue weighted by molar-refractivity contribution is 5.33. The van der Waals surface area contributed by atoms with Crippen LogP contribution in [0.15, 0.2) is 18.2 Å². The smallest absolute Gasteiger partial charge is 0.169 e. The maximum Gasteiger partial charge on any atom is 0.169 e. The largest absolute Gasteiger partial charge is 0.494 e. The highest BCUT2D eigenvalue weighted by Crippen LogP contribution is 2.26. The second-order valence-electron chi connectivity index (χ2n) is 3.33. The van der Waals surface area contributed by atoms with Gasteiger partial charge in [0.15, 0.2) is 11.6 Å². The van der Waals surface area contributed by atoms with Crippen molar-refractivity contribution < 1.29 is 13.9 Å². The van der Waals surface area contributed by atoms with Crippen LogP contribution in [0.3, 0.4) is 0 Å². The zero-order chi connectivity index (χ0) is 11.4. The first kappa shape index (κ1) is 11.9. The molecular formula is C11H16FNO2. The maximum atomic E-state index is 13.8. The zero-order valence-electron chi connectivity index (χ0n) is 9.16. The number of methoxy groups -OCH3 is 2. The van der Waals surface area contributed by atoms with Gasteiger partial charge in [0, 0.05) is 12.7 Å². The fraction of sp³-hybridized carbons (Fsp3) is 0.455. The van der Waals surface area contributed by atoms with E-state index in [4.69, 9.17) is 15.2 Å². The number of ether oxygens (including phenoxy) is 2. The van der Waals surface area contributed by atoms with E-state index in [2.05, 4.69) is 0 Å². The second kappa shape index (κ2) is 5.09. The van der Waals surface area contributed by atoms with Crippen molar-refractivity contribution >= 4 is 0 Å². The lowest BCUT2D eigenvalue weighted by molar-refractivity contribution is 0.0944. The van der Waals surface area contributed by atoms with E-state index in [9.17, 15) is 4.39 Å². The average Bonchev–Trinajstić information content (AvgIpc) is 2.27. The summed E-state index contributed by atoms with van der Waals surface area (Å²) in [6, 6.07) is 4.41. The molecule has 84 valence electrons. The van der Waals surface area contributed by atoms with Crippen molar-refractivity contribution in [2.24, 2.45) is 5.73 Å². The molecule has 1 aromatic carbocycles. The Morgan fingerprint density at radius 3 is 2.53 bits per heavy atom. The van der Waals surface area contributed by atoms with E-state index in [1.807, 2.05) is 0 Å². The molecule has 0 saturated heterocycles. The molecule has 0 aromatic heterocycles. The van der Waals surface area contributed by atoms with Gasteiger partial charge in [0.2, 0.25) is 0 Å². The molecule has 3 nitrogen and oxygen atoms in total. The lowest BCUT2D eigenvalue weighted by Crippen LogP contribution is -2.26. The minimum absolute atomic E-state index is 0.200. The third-order valence-corrected chi connectivity index (χ3v) is 2.45. The molecule has 2 N–H and O–H groups in total. The molecule has 0 fully saturated rings. The lowest BCUT2D eigenvalue weighted by Gasteiger charge is -2.19. The molecule has 0 aliphatic carbocycles. The fourth-order valence-electron chi connectivity index (χ4n) is 1.34. The van der Waals surface area contributed by atoms with Crippen molar-refractivity contribution in [3.8, 4) is 5.75 Å². The fourth-order valence-corrected chi connectivity index (χ4v) is 1.34. The van der Waals surface area contributed by atoms with Crippen LogP contribution in [0.2, 0.25) is 0 Å². The molecule has 0 amide bonds. The van der Waals surface area contributed by atoms with Gasteiger partial charge in [-0.15, -0.1) is 0 Å². The maximum absolute atomic E-state index is 13.8. The number of nitrogens with two attached hydrogens (primary N) is 1. The molecule has 0 aliphatic heterocycles. The van der Waals surface area contributed by atoms with E-state index >= 15 is 0 Å². The molecule has 0 heterocycles. The van der Waals surface area contributed by atoms with Crippen molar-refractivity contribution in [1.82, 2.24) is 0 Å². The molecule has 1 rings (SSSR count). The van der Waals surface area contributed by atoms with Gasteiger partial charge in [-0.05, 0) is 13.0 Å². The SMILES string of the molecule is COc1cccc(C(N)C(C)OC)c1F. The monoisotopic (exact) mass is 213 g/mol. The molecule has 2 atom stereocenters. The normalized spacial score (nSPS) is 14.7. The minimum atomic E-state index is -0.495. The highest BCUT2D eigenvalue weighted by atomic mass is 19.1. The predicted octanol–water partition coefficient (Wildman–Crippen LogP) is 1.87. The summed E-state index contributed by atoms with van der Waals surface area (Å²) in [6.07, 6.45) is -0.244. The van der Waals surface area contributed by atoms with Gasteiger partial charge in [-0.1, -0.05) is 12.1 Å². The summed E-state index contributed by atoms with van der Waals surface area (Å²) in [6.45, 7) is 1.80. The molecule has 0 spiro atoms. The van der Waals surface area contributed by atoms with Crippen molar-refractivity contribution in [3.05, 3.63) is 29.6 Å². The Morgan fingerprint density at radius 2 is 2.00 bits per heavy atom. The van der Waals surface area contributed by atoms with Gasteiger partial charge in [0.1, 0.15) is 0 Å². The van der Waals surface area contributed by atoms with Crippen LogP contribution < -0.4 is 10.5 Å². The van der Waals surface area contributed by atoms with Gasteiger partial charge in [0.05, 0.1) is 19.3 Å². The Bertz CT molecular complexity index is 330. The summed E-state index contributed by atoms with van der Waals surface area (Å²) in [4.78, 5) is 0. The average molecular weight is 213 g/mol. The van der Waals surface area contributed by atoms with Gasteiger partial charge < -0.3 is 15.2 Å². The third kappa shape index (κ3) is 2.46. The molecular weight excluding hydrogens is 197 g/mol. The van der Waals surface area contributed by atoms with E-state index in [-0.39, 0.29) is 11.9 Å². The summed E-state index contributed by atoms with van der Waals surface area (Å²) >= 11 is 0. The first-order valence-corrected chi connectivity index (χ1v) is 4.72. The van der Waals surface area contributed by atoms with Crippen LogP contribution in [-0.4, -0.2) is 20.3 Å². The van der Waals surface area contributed by atoms with Crippen LogP contribution in [0.1, 0.15) is 18.5 Å². The van der Waals surface area contributed by atoms with Gasteiger partial charge in [0.25, 0.3) is 0 Å². The third-order valence-electron chi connectivity index (χ3n) is 2.45. The number of halogens is 1. The van der Waals surface area contributed by atoms with E-state index in [0.717, 1.165) is 0 Å². The van der Waals surface area contributed by atoms with E-state index in [1.165, 1.54) is 7.11 Å². The number of rotatable bonds is 4. The number of benzene rings is 1. The van der Waals surface area contributed by atoms with Gasteiger partial charge in [-0.25, -0.2) is 4.39 Å². The van der Waals surface area contributed by atoms with Crippen LogP contribution in [0, 0.1) is 5.82 Å². The molecule has 0 aliphatic rings. The topological polar surface area (TPSA) is 44.5 Å². The molecule has 0 saturated carbocycles. The van der Waals surface area contributed by atoms with Crippen molar-refractivity contribution in [3.63, 3.8) is 0 Å². The lowest BCUT2D eigenvalue weighted by atomic mass is 10.0. The number of hydrogen-bond donors (Lipinski definition) is 1. The molecule has 2 unspecified atom stereocenters. The second-order valence-corrected chi connectivity index (χ2v) is 3.33. The summed E-state index contributed by atoms with van der Waals surface area (Å²) in [5, 5.41) is 0. The summed E-state index contributed by atoms with van der Waals surface area (Å²) in [5.41, 5.74) is 6.26. The Hall–Kier alpha value is -1.13. The van der Waals surface area contributed by atoms with Crippen LogP contribution in [0.4, 0.5) is 4.39 Å². The Balaban J connectivity index is 3.03. The first-order valence-electron chi connectivity index (χ1n) is 4.72. The Labute approximate surface area is 89.0 Å². The van der Waals surface area contributed by atoms with Crippen LogP contribution in [0.25, 0.3) is 0 Å². The number of hydrogen-bond acceptors (Lipinski definition) is 3. The van der Waals surface area contributed by atoms with Crippen molar-refractivity contribution in [1.29, 1.82) is 0 Å². The van der Waals surface area contributed by atoms with E-state index in [1.54, 1.807) is 32.2 Å². The van der Waals surface area contributed by atoms with Gasteiger partial charge in [-0.3, -0.25) is 0 Å². The summed E-state index contributed by atoms with van der Waals surface area (Å²) in [7, 11) is 2.97. The summed E-state index contributed by atoms with van der Waals surface area (Å²) < 4.78 is 23.7. The van der Waals surface area contributed by atoms with E-state index in [0.29, 0.717) is 5.56 Å². The quantitative estimate of drug-likeness (QED) is 0.830. The predicted molar refractivity (Wildman–Crippen MR) is 56.4 cm³/mol. The minimum Gasteiger partial charge on any atom is -0.494 e.